The number of hydrogen-bond acceptors (Lipinski definition) is 6. The topological polar surface area (TPSA) is 111 Å². The minimum atomic E-state index is -0.320. The summed E-state index contributed by atoms with van der Waals surface area (Å²) in [5.41, 5.74) is 0.293. The molecule has 1 aromatic heterocycles. The molecule has 2 N–H and O–H groups in total. The molecule has 0 spiro atoms. The Morgan fingerprint density at radius 1 is 0.929 bits per heavy atom. The molecule has 0 aliphatic carbocycles. The van der Waals surface area contributed by atoms with Gasteiger partial charge in [0, 0.05) is 49.0 Å². The first kappa shape index (κ1) is 23.7. The van der Waals surface area contributed by atoms with Crippen molar-refractivity contribution in [1.29, 1.82) is 0 Å². The molecule has 8 heteroatoms. The first-order valence-corrected chi connectivity index (χ1v) is 9.56. The van der Waals surface area contributed by atoms with Crippen molar-refractivity contribution in [3.8, 4) is 0 Å². The highest BCUT2D eigenvalue weighted by Gasteiger charge is 2.09. The number of aromatic nitrogens is 1. The maximum Gasteiger partial charge on any atom is 0.0543 e. The first-order valence-electron chi connectivity index (χ1n) is 9.56. The molecule has 28 heavy (non-hydrogen) atoms. The predicted octanol–water partition coefficient (Wildman–Crippen LogP) is 0.0924. The normalized spacial score (nSPS) is 13.7. The van der Waals surface area contributed by atoms with Crippen molar-refractivity contribution >= 4 is 12.0 Å². The van der Waals surface area contributed by atoms with Crippen LogP contribution in [0.1, 0.15) is 47.2 Å². The quantitative estimate of drug-likeness (QED) is 0.481. The molecule has 1 aromatic rings. The van der Waals surface area contributed by atoms with Crippen LogP contribution in [-0.2, 0) is 6.54 Å². The number of amidine groups is 2. The van der Waals surface area contributed by atoms with Gasteiger partial charge in [-0.15, -0.1) is 0 Å². The van der Waals surface area contributed by atoms with Crippen molar-refractivity contribution in [3.63, 3.8) is 0 Å². The van der Waals surface area contributed by atoms with Crippen LogP contribution in [-0.4, -0.2) is 59.2 Å². The highest BCUT2D eigenvalue weighted by Crippen LogP contribution is 2.02. The molecule has 0 aliphatic rings. The van der Waals surface area contributed by atoms with Gasteiger partial charge in [0.05, 0.1) is 18.8 Å². The van der Waals surface area contributed by atoms with E-state index < -0.39 is 0 Å². The van der Waals surface area contributed by atoms with Crippen LogP contribution >= 0.6 is 0 Å². The van der Waals surface area contributed by atoms with Crippen molar-refractivity contribution in [2.24, 2.45) is 9.98 Å². The zero-order valence-corrected chi connectivity index (χ0v) is 18.0. The van der Waals surface area contributed by atoms with E-state index in [1.54, 1.807) is 6.20 Å². The Morgan fingerprint density at radius 3 is 1.82 bits per heavy atom. The van der Waals surface area contributed by atoms with Crippen molar-refractivity contribution in [2.45, 2.75) is 59.2 Å². The Labute approximate surface area is 168 Å². The molecular weight excluding hydrogens is 356 g/mol. The zero-order valence-electron chi connectivity index (χ0n) is 18.0. The Morgan fingerprint density at radius 2 is 1.43 bits per heavy atom. The summed E-state index contributed by atoms with van der Waals surface area (Å²) < 4.78 is 0. The molecule has 0 saturated carbocycles. The number of nitrogens with one attached hydrogen (secondary N) is 2. The van der Waals surface area contributed by atoms with Gasteiger partial charge in [-0.05, 0) is 53.7 Å². The van der Waals surface area contributed by atoms with Gasteiger partial charge >= 0.3 is 0 Å². The summed E-state index contributed by atoms with van der Waals surface area (Å²) in [5.74, 6) is 0. The minimum Gasteiger partial charge on any atom is -0.846 e. The van der Waals surface area contributed by atoms with Gasteiger partial charge in [-0.3, -0.25) is 19.9 Å². The molecular formula is C20H34N6O2-2. The van der Waals surface area contributed by atoms with E-state index in [1.807, 2.05) is 59.7 Å². The van der Waals surface area contributed by atoms with Gasteiger partial charge in [-0.1, -0.05) is 6.07 Å². The summed E-state index contributed by atoms with van der Waals surface area (Å²) in [5, 5.41) is 29.3. The van der Waals surface area contributed by atoms with Crippen molar-refractivity contribution in [3.05, 3.63) is 30.1 Å². The average molecular weight is 391 g/mol. The second-order valence-electron chi connectivity index (χ2n) is 8.72. The Bertz CT molecular complexity index is 596. The summed E-state index contributed by atoms with van der Waals surface area (Å²) >= 11 is 0. The third-order valence-electron chi connectivity index (χ3n) is 3.42. The third-order valence-corrected chi connectivity index (χ3v) is 3.42. The lowest BCUT2D eigenvalue weighted by molar-refractivity contribution is -0.224. The highest BCUT2D eigenvalue weighted by atomic mass is 16.3. The van der Waals surface area contributed by atoms with Gasteiger partial charge in [-0.2, -0.15) is 0 Å². The van der Waals surface area contributed by atoms with Crippen LogP contribution in [0.2, 0.25) is 0 Å². The van der Waals surface area contributed by atoms with E-state index in [0.717, 1.165) is 5.69 Å². The van der Waals surface area contributed by atoms with Gasteiger partial charge in [0.2, 0.25) is 0 Å². The van der Waals surface area contributed by atoms with Crippen LogP contribution < -0.4 is 20.8 Å². The zero-order chi connectivity index (χ0) is 21.2. The van der Waals surface area contributed by atoms with Gasteiger partial charge in [0.25, 0.3) is 0 Å². The minimum absolute atomic E-state index is 0.312. The molecule has 0 atom stereocenters. The van der Waals surface area contributed by atoms with E-state index in [1.165, 1.54) is 0 Å². The average Bonchev–Trinajstić information content (AvgIpc) is 2.52. The molecule has 0 bridgehead atoms. The van der Waals surface area contributed by atoms with E-state index in [-0.39, 0.29) is 23.1 Å². The highest BCUT2D eigenvalue weighted by molar-refractivity contribution is 5.69. The van der Waals surface area contributed by atoms with Crippen molar-refractivity contribution in [1.82, 2.24) is 20.5 Å². The number of aliphatic imine (C=N–C) groups is 2. The van der Waals surface area contributed by atoms with E-state index in [2.05, 4.69) is 30.5 Å². The monoisotopic (exact) mass is 390 g/mol. The Balaban J connectivity index is 2.64. The summed E-state index contributed by atoms with van der Waals surface area (Å²) in [4.78, 5) is 14.5. The third kappa shape index (κ3) is 12.1. The number of hydrogen-bond donors (Lipinski definition) is 2. The van der Waals surface area contributed by atoms with Crippen LogP contribution in [0.15, 0.2) is 34.4 Å². The predicted molar refractivity (Wildman–Crippen MR) is 110 cm³/mol. The van der Waals surface area contributed by atoms with Gasteiger partial charge in [-0.25, -0.2) is 0 Å². The molecule has 1 heterocycles. The summed E-state index contributed by atoms with van der Waals surface area (Å²) in [6.07, 6.45) is 1.75. The summed E-state index contributed by atoms with van der Waals surface area (Å²) in [7, 11) is 0. The summed E-state index contributed by atoms with van der Waals surface area (Å²) in [6.45, 7) is 14.0. The molecule has 0 unspecified atom stereocenters. The van der Waals surface area contributed by atoms with E-state index in [4.69, 9.17) is 0 Å². The van der Waals surface area contributed by atoms with Crippen LogP contribution in [0.5, 0.6) is 0 Å². The molecule has 158 valence electrons. The van der Waals surface area contributed by atoms with Crippen molar-refractivity contribution < 1.29 is 10.2 Å². The largest absolute Gasteiger partial charge is 0.846 e. The smallest absolute Gasteiger partial charge is 0.0543 e. The number of nitrogens with zero attached hydrogens (tertiary/aromatic N) is 4. The van der Waals surface area contributed by atoms with Crippen molar-refractivity contribution in [2.75, 3.05) is 26.2 Å². The standard InChI is InChI=1S/C20H36N6O2/c1-19(2,3)24-17(27)22-11-13-26(15-16-9-7-8-10-21-16)14-12-23-18(28)25-20(4,5)6/h7-10H,11-15H2,1-6H3,(H2,22,24,27)(H2,23,25,28)/p-2. The fraction of sp³-hybridized carbons (Fsp3) is 0.650. The SMILES string of the molecule is CC(C)(C)NC([O-])=NCCN(CCN=C([O-])NC(C)(C)C)Cc1ccccn1. The van der Waals surface area contributed by atoms with E-state index in [9.17, 15) is 10.2 Å². The van der Waals surface area contributed by atoms with E-state index >= 15 is 0 Å². The number of pyridine rings is 1. The van der Waals surface area contributed by atoms with Crippen LogP contribution in [0.4, 0.5) is 0 Å². The molecule has 1 rings (SSSR count). The molecule has 0 aromatic carbocycles. The molecule has 0 saturated heterocycles. The lowest BCUT2D eigenvalue weighted by Crippen LogP contribution is -2.47. The second-order valence-corrected chi connectivity index (χ2v) is 8.72. The maximum atomic E-state index is 11.9. The van der Waals surface area contributed by atoms with Crippen LogP contribution in [0.25, 0.3) is 0 Å². The molecule has 0 amide bonds. The first-order chi connectivity index (χ1) is 12.9. The lowest BCUT2D eigenvalue weighted by Gasteiger charge is -2.27. The molecule has 0 aliphatic heterocycles. The lowest BCUT2D eigenvalue weighted by atomic mass is 10.1. The van der Waals surface area contributed by atoms with Crippen LogP contribution in [0.3, 0.4) is 0 Å². The van der Waals surface area contributed by atoms with E-state index in [0.29, 0.717) is 32.7 Å². The molecule has 0 radical (unpaired) electrons. The molecule has 8 nitrogen and oxygen atoms in total. The summed E-state index contributed by atoms with van der Waals surface area (Å²) in [6, 6.07) is 5.11. The second kappa shape index (κ2) is 10.8. The molecule has 0 fully saturated rings. The van der Waals surface area contributed by atoms with Gasteiger partial charge in [0.15, 0.2) is 0 Å². The Kier molecular flexibility index (Phi) is 9.18. The van der Waals surface area contributed by atoms with Gasteiger partial charge < -0.3 is 20.8 Å². The fourth-order valence-corrected chi connectivity index (χ4v) is 2.30. The van der Waals surface area contributed by atoms with Crippen LogP contribution in [0, 0.1) is 0 Å². The maximum absolute atomic E-state index is 11.9. The van der Waals surface area contributed by atoms with Gasteiger partial charge in [0.1, 0.15) is 0 Å². The Hall–Kier alpha value is -2.35. The number of rotatable bonds is 8. The fourth-order valence-electron chi connectivity index (χ4n) is 2.30.